The summed E-state index contributed by atoms with van der Waals surface area (Å²) in [7, 11) is 0. The molecule has 0 unspecified atom stereocenters. The van der Waals surface area contributed by atoms with Gasteiger partial charge in [0.1, 0.15) is 0 Å². The van der Waals surface area contributed by atoms with Gasteiger partial charge in [-0.05, 0) is 49.9 Å². The molecule has 5 rings (SSSR count). The highest BCUT2D eigenvalue weighted by Crippen LogP contribution is 2.26. The molecule has 2 aromatic heterocycles. The summed E-state index contributed by atoms with van der Waals surface area (Å²) in [5, 5.41) is 1.10. The molecule has 1 N–H and O–H groups in total. The van der Waals surface area contributed by atoms with Gasteiger partial charge in [0, 0.05) is 25.6 Å². The second-order valence-electron chi connectivity index (χ2n) is 7.86. The van der Waals surface area contributed by atoms with Crippen molar-refractivity contribution in [2.24, 2.45) is 0 Å². The monoisotopic (exact) mass is 420 g/mol. The number of piperidine rings is 1. The number of carbonyl (C=O) groups excluding carboxylic acids is 1. The molecule has 7 heteroatoms. The summed E-state index contributed by atoms with van der Waals surface area (Å²) in [4.78, 5) is 34.6. The number of imidazole rings is 1. The highest BCUT2D eigenvalue weighted by molar-refractivity contribution is 7.18. The Morgan fingerprint density at radius 2 is 1.87 bits per heavy atom. The van der Waals surface area contributed by atoms with Gasteiger partial charge in [0.2, 0.25) is 5.91 Å². The predicted molar refractivity (Wildman–Crippen MR) is 120 cm³/mol. The number of rotatable bonds is 5. The van der Waals surface area contributed by atoms with Gasteiger partial charge < -0.3 is 9.88 Å². The van der Waals surface area contributed by atoms with Crippen molar-refractivity contribution < 1.29 is 4.79 Å². The summed E-state index contributed by atoms with van der Waals surface area (Å²) in [6.07, 6.45) is 3.83. The molecule has 1 aliphatic rings. The molecule has 4 aromatic rings. The van der Waals surface area contributed by atoms with Crippen LogP contribution in [-0.4, -0.2) is 38.4 Å². The molecular weight excluding hydrogens is 396 g/mol. The number of hydrogen-bond donors (Lipinski definition) is 1. The Bertz CT molecular complexity index is 1210. The molecule has 1 amide bonds. The van der Waals surface area contributed by atoms with E-state index in [4.69, 9.17) is 0 Å². The number of likely N-dealkylation sites (tertiary alicyclic amines) is 1. The standard InChI is InChI=1S/C23H24N4O2S/c28-22(11-5-10-21-24-18-7-2-4-9-20(18)30-21)26-14-12-16(13-15-26)27-19-8-3-1-6-17(19)25-23(27)29/h1-4,6-9,16H,5,10-15H2,(H,25,29). The first kappa shape index (κ1) is 19.1. The highest BCUT2D eigenvalue weighted by Gasteiger charge is 2.25. The zero-order valence-electron chi connectivity index (χ0n) is 16.7. The van der Waals surface area contributed by atoms with Gasteiger partial charge in [-0.25, -0.2) is 9.78 Å². The van der Waals surface area contributed by atoms with Crippen molar-refractivity contribution in [3.63, 3.8) is 0 Å². The summed E-state index contributed by atoms with van der Waals surface area (Å²) in [5.41, 5.74) is 2.80. The van der Waals surface area contributed by atoms with Crippen LogP contribution in [0.2, 0.25) is 0 Å². The fourth-order valence-corrected chi connectivity index (χ4v) is 5.40. The lowest BCUT2D eigenvalue weighted by Crippen LogP contribution is -2.40. The smallest absolute Gasteiger partial charge is 0.326 e. The Morgan fingerprint density at radius 3 is 2.70 bits per heavy atom. The number of thiazole rings is 1. The van der Waals surface area contributed by atoms with Gasteiger partial charge in [-0.15, -0.1) is 11.3 Å². The van der Waals surface area contributed by atoms with E-state index < -0.39 is 0 Å². The first-order chi connectivity index (χ1) is 14.7. The summed E-state index contributed by atoms with van der Waals surface area (Å²) in [6.45, 7) is 1.41. The number of benzene rings is 2. The van der Waals surface area contributed by atoms with E-state index in [1.54, 1.807) is 11.3 Å². The third-order valence-corrected chi connectivity index (χ3v) is 7.02. The third kappa shape index (κ3) is 3.65. The average Bonchev–Trinajstić information content (AvgIpc) is 3.33. The molecule has 0 spiro atoms. The van der Waals surface area contributed by atoms with Gasteiger partial charge >= 0.3 is 5.69 Å². The molecule has 0 bridgehead atoms. The molecule has 1 saturated heterocycles. The minimum absolute atomic E-state index is 0.0585. The van der Waals surface area contributed by atoms with Crippen LogP contribution in [0.5, 0.6) is 0 Å². The van der Waals surface area contributed by atoms with Crippen LogP contribution in [0.15, 0.2) is 53.3 Å². The molecule has 3 heterocycles. The Kier molecular flexibility index (Phi) is 5.12. The van der Waals surface area contributed by atoms with Crippen LogP contribution >= 0.6 is 11.3 Å². The van der Waals surface area contributed by atoms with E-state index >= 15 is 0 Å². The number of hydrogen-bond acceptors (Lipinski definition) is 4. The molecule has 2 aromatic carbocycles. The topological polar surface area (TPSA) is 71.0 Å². The second kappa shape index (κ2) is 8.07. The lowest BCUT2D eigenvalue weighted by Gasteiger charge is -2.32. The van der Waals surface area contributed by atoms with E-state index in [0.717, 1.165) is 47.2 Å². The van der Waals surface area contributed by atoms with Crippen LogP contribution < -0.4 is 5.69 Å². The lowest BCUT2D eigenvalue weighted by atomic mass is 10.0. The first-order valence-electron chi connectivity index (χ1n) is 10.5. The molecule has 6 nitrogen and oxygen atoms in total. The average molecular weight is 421 g/mol. The number of carbonyl (C=O) groups is 1. The van der Waals surface area contributed by atoms with Gasteiger partial charge in [0.05, 0.1) is 26.3 Å². The summed E-state index contributed by atoms with van der Waals surface area (Å²) >= 11 is 1.71. The van der Waals surface area contributed by atoms with Gasteiger partial charge in [-0.1, -0.05) is 24.3 Å². The zero-order chi connectivity index (χ0) is 20.5. The number of amides is 1. The number of aromatic amines is 1. The Morgan fingerprint density at radius 1 is 1.10 bits per heavy atom. The number of nitrogens with one attached hydrogen (secondary N) is 1. The van der Waals surface area contributed by atoms with Crippen molar-refractivity contribution in [1.29, 1.82) is 0 Å². The van der Waals surface area contributed by atoms with Crippen LogP contribution in [0, 0.1) is 0 Å². The van der Waals surface area contributed by atoms with E-state index in [1.807, 2.05) is 51.9 Å². The van der Waals surface area contributed by atoms with Crippen LogP contribution in [0.3, 0.4) is 0 Å². The zero-order valence-corrected chi connectivity index (χ0v) is 17.5. The third-order valence-electron chi connectivity index (χ3n) is 5.93. The van der Waals surface area contributed by atoms with Crippen molar-refractivity contribution in [3.05, 3.63) is 64.0 Å². The van der Waals surface area contributed by atoms with Crippen molar-refractivity contribution in [1.82, 2.24) is 19.4 Å². The lowest BCUT2D eigenvalue weighted by molar-refractivity contribution is -0.132. The first-order valence-corrected chi connectivity index (χ1v) is 11.3. The SMILES string of the molecule is O=C(CCCc1nc2ccccc2s1)N1CCC(n2c(=O)[nH]c3ccccc32)CC1. The number of nitrogens with zero attached hydrogens (tertiary/aromatic N) is 3. The van der Waals surface area contributed by atoms with Gasteiger partial charge in [-0.3, -0.25) is 9.36 Å². The quantitative estimate of drug-likeness (QED) is 0.528. The summed E-state index contributed by atoms with van der Waals surface area (Å²) < 4.78 is 3.07. The number of aromatic nitrogens is 3. The number of aryl methyl sites for hydroxylation is 1. The van der Waals surface area contributed by atoms with E-state index in [0.29, 0.717) is 19.5 Å². The fourth-order valence-electron chi connectivity index (χ4n) is 4.39. The van der Waals surface area contributed by atoms with Crippen molar-refractivity contribution in [2.45, 2.75) is 38.1 Å². The molecule has 1 fully saturated rings. The molecule has 0 radical (unpaired) electrons. The summed E-state index contributed by atoms with van der Waals surface area (Å²) in [5.74, 6) is 0.209. The summed E-state index contributed by atoms with van der Waals surface area (Å²) in [6, 6.07) is 16.1. The van der Waals surface area contributed by atoms with Crippen LogP contribution in [-0.2, 0) is 11.2 Å². The van der Waals surface area contributed by atoms with Crippen LogP contribution in [0.4, 0.5) is 0 Å². The molecule has 30 heavy (non-hydrogen) atoms. The van der Waals surface area contributed by atoms with Gasteiger partial charge in [0.15, 0.2) is 0 Å². The van der Waals surface area contributed by atoms with Crippen LogP contribution in [0.25, 0.3) is 21.3 Å². The molecule has 0 saturated carbocycles. The van der Waals surface area contributed by atoms with E-state index in [-0.39, 0.29) is 17.6 Å². The molecular formula is C23H24N4O2S. The van der Waals surface area contributed by atoms with E-state index in [2.05, 4.69) is 16.0 Å². The fraction of sp³-hybridized carbons (Fsp3) is 0.348. The van der Waals surface area contributed by atoms with E-state index in [1.165, 1.54) is 4.70 Å². The number of H-pyrrole nitrogens is 1. The maximum absolute atomic E-state index is 12.7. The Labute approximate surface area is 178 Å². The molecule has 0 aliphatic carbocycles. The van der Waals surface area contributed by atoms with Crippen molar-refractivity contribution in [3.8, 4) is 0 Å². The maximum Gasteiger partial charge on any atom is 0.326 e. The number of fused-ring (bicyclic) bond motifs is 2. The Balaban J connectivity index is 1.16. The van der Waals surface area contributed by atoms with E-state index in [9.17, 15) is 9.59 Å². The highest BCUT2D eigenvalue weighted by atomic mass is 32.1. The maximum atomic E-state index is 12.7. The van der Waals surface area contributed by atoms with Gasteiger partial charge in [0.25, 0.3) is 0 Å². The van der Waals surface area contributed by atoms with Crippen molar-refractivity contribution >= 4 is 38.5 Å². The van der Waals surface area contributed by atoms with Crippen molar-refractivity contribution in [2.75, 3.05) is 13.1 Å². The minimum Gasteiger partial charge on any atom is -0.343 e. The molecule has 1 aliphatic heterocycles. The van der Waals surface area contributed by atoms with Crippen LogP contribution in [0.1, 0.15) is 36.7 Å². The second-order valence-corrected chi connectivity index (χ2v) is 8.97. The number of para-hydroxylation sites is 3. The minimum atomic E-state index is -0.0585. The molecule has 154 valence electrons. The Hall–Kier alpha value is -2.93. The normalized spacial score (nSPS) is 15.3. The molecule has 0 atom stereocenters. The predicted octanol–water partition coefficient (Wildman–Crippen LogP) is 4.13. The largest absolute Gasteiger partial charge is 0.343 e. The van der Waals surface area contributed by atoms with Gasteiger partial charge in [-0.2, -0.15) is 0 Å².